The van der Waals surface area contributed by atoms with Gasteiger partial charge in [0, 0.05) is 0 Å². The van der Waals surface area contributed by atoms with Crippen molar-refractivity contribution in [3.8, 4) is 17.5 Å². The highest BCUT2D eigenvalue weighted by molar-refractivity contribution is 5.94. The molecule has 158 valence electrons. The van der Waals surface area contributed by atoms with Gasteiger partial charge in [-0.2, -0.15) is 10.4 Å². The van der Waals surface area contributed by atoms with E-state index in [1.165, 1.54) is 6.92 Å². The maximum atomic E-state index is 12.3. The van der Waals surface area contributed by atoms with Crippen LogP contribution < -0.4 is 10.1 Å². The van der Waals surface area contributed by atoms with E-state index in [9.17, 15) is 9.59 Å². The molecule has 0 bridgehead atoms. The summed E-state index contributed by atoms with van der Waals surface area (Å²) in [6.45, 7) is 4.72. The summed E-state index contributed by atoms with van der Waals surface area (Å²) in [6.07, 6.45) is -0.912. The van der Waals surface area contributed by atoms with Crippen molar-refractivity contribution in [2.24, 2.45) is 0 Å². The molecule has 2 aromatic carbocycles. The molecule has 0 unspecified atom stereocenters. The molecule has 0 radical (unpaired) electrons. The highest BCUT2D eigenvalue weighted by Crippen LogP contribution is 2.22. The van der Waals surface area contributed by atoms with Gasteiger partial charge in [-0.15, -0.1) is 0 Å². The molecule has 1 N–H and O–H groups in total. The number of aromatic nitrogens is 2. The number of carbonyl (C=O) groups is 2. The van der Waals surface area contributed by atoms with Gasteiger partial charge in [-0.25, -0.2) is 9.48 Å². The number of esters is 1. The molecule has 0 aliphatic carbocycles. The molecule has 0 spiro atoms. The molecule has 0 aliphatic heterocycles. The Hall–Kier alpha value is -4.12. The van der Waals surface area contributed by atoms with E-state index in [1.54, 1.807) is 35.9 Å². The van der Waals surface area contributed by atoms with Gasteiger partial charge in [0.05, 0.1) is 34.4 Å². The number of para-hydroxylation sites is 1. The van der Waals surface area contributed by atoms with Crippen molar-refractivity contribution in [3.05, 3.63) is 71.5 Å². The Kier molecular flexibility index (Phi) is 6.67. The number of nitriles is 1. The smallest absolute Gasteiger partial charge is 0.347 e. The van der Waals surface area contributed by atoms with E-state index in [4.69, 9.17) is 14.7 Å². The number of rotatable bonds is 7. The number of nitrogens with one attached hydrogen (secondary N) is 1. The molecule has 8 nitrogen and oxygen atoms in total. The third-order valence-corrected chi connectivity index (χ3v) is 4.53. The first-order valence-corrected chi connectivity index (χ1v) is 9.64. The molecular formula is C23H22N4O4. The van der Waals surface area contributed by atoms with E-state index >= 15 is 0 Å². The topological polar surface area (TPSA) is 106 Å². The second-order valence-electron chi connectivity index (χ2n) is 6.85. The van der Waals surface area contributed by atoms with Crippen molar-refractivity contribution in [3.63, 3.8) is 0 Å². The molecule has 1 aromatic heterocycles. The van der Waals surface area contributed by atoms with Crippen LogP contribution in [0.3, 0.4) is 0 Å². The predicted octanol–water partition coefficient (Wildman–Crippen LogP) is 3.31. The van der Waals surface area contributed by atoms with E-state index in [2.05, 4.69) is 10.4 Å². The zero-order valence-electron chi connectivity index (χ0n) is 17.5. The van der Waals surface area contributed by atoms with Crippen LogP contribution in [0.25, 0.3) is 5.69 Å². The number of ether oxygens (including phenoxy) is 2. The molecule has 1 heterocycles. The third-order valence-electron chi connectivity index (χ3n) is 4.53. The summed E-state index contributed by atoms with van der Waals surface area (Å²) in [7, 11) is 0. The fraction of sp³-hybridized carbons (Fsp3) is 0.217. The molecular weight excluding hydrogens is 396 g/mol. The summed E-state index contributed by atoms with van der Waals surface area (Å²) < 4.78 is 12.3. The zero-order chi connectivity index (χ0) is 22.4. The van der Waals surface area contributed by atoms with Gasteiger partial charge in [0.1, 0.15) is 5.75 Å². The number of amides is 1. The van der Waals surface area contributed by atoms with Crippen LogP contribution in [0.5, 0.6) is 5.75 Å². The number of hydrogen-bond acceptors (Lipinski definition) is 6. The molecule has 1 amide bonds. The minimum Gasteiger partial charge on any atom is -0.479 e. The Bertz CT molecular complexity index is 1110. The maximum absolute atomic E-state index is 12.3. The molecule has 3 rings (SSSR count). The summed E-state index contributed by atoms with van der Waals surface area (Å²) in [6, 6.07) is 17.9. The van der Waals surface area contributed by atoms with Crippen molar-refractivity contribution in [2.45, 2.75) is 26.9 Å². The number of nitrogens with zero attached hydrogens (tertiary/aromatic N) is 3. The Balaban J connectivity index is 1.55. The van der Waals surface area contributed by atoms with Crippen LogP contribution in [0, 0.1) is 25.2 Å². The largest absolute Gasteiger partial charge is 0.479 e. The number of benzene rings is 2. The quantitative estimate of drug-likeness (QED) is 0.590. The number of anilines is 1. The van der Waals surface area contributed by atoms with Crippen LogP contribution in [0.4, 0.5) is 5.69 Å². The second-order valence-corrected chi connectivity index (χ2v) is 6.85. The van der Waals surface area contributed by atoms with Crippen LogP contribution in [-0.2, 0) is 14.3 Å². The zero-order valence-corrected chi connectivity index (χ0v) is 17.5. The maximum Gasteiger partial charge on any atom is 0.347 e. The third kappa shape index (κ3) is 5.28. The lowest BCUT2D eigenvalue weighted by Crippen LogP contribution is -2.29. The van der Waals surface area contributed by atoms with Crippen LogP contribution in [-0.4, -0.2) is 34.4 Å². The van der Waals surface area contributed by atoms with Crippen molar-refractivity contribution >= 4 is 17.6 Å². The molecule has 0 aliphatic rings. The molecule has 31 heavy (non-hydrogen) atoms. The number of carbonyl (C=O) groups excluding carboxylic acids is 2. The van der Waals surface area contributed by atoms with E-state index in [0.717, 1.165) is 11.4 Å². The first kappa shape index (κ1) is 21.6. The van der Waals surface area contributed by atoms with Gasteiger partial charge in [-0.3, -0.25) is 4.79 Å². The fourth-order valence-corrected chi connectivity index (χ4v) is 2.93. The van der Waals surface area contributed by atoms with E-state index in [1.807, 2.05) is 43.3 Å². The number of hydrogen-bond donors (Lipinski definition) is 1. The lowest BCUT2D eigenvalue weighted by Gasteiger charge is -2.14. The van der Waals surface area contributed by atoms with Crippen LogP contribution in [0.2, 0.25) is 0 Å². The second kappa shape index (κ2) is 9.59. The average Bonchev–Trinajstić information content (AvgIpc) is 3.06. The summed E-state index contributed by atoms with van der Waals surface area (Å²) >= 11 is 0. The normalized spacial score (nSPS) is 11.3. The Labute approximate surface area is 180 Å². The van der Waals surface area contributed by atoms with Crippen molar-refractivity contribution in [1.82, 2.24) is 9.78 Å². The van der Waals surface area contributed by atoms with Crippen molar-refractivity contribution in [2.75, 3.05) is 11.9 Å². The minimum atomic E-state index is -0.912. The summed E-state index contributed by atoms with van der Waals surface area (Å²) in [5, 5.41) is 16.0. The van der Waals surface area contributed by atoms with Crippen molar-refractivity contribution in [1.29, 1.82) is 5.26 Å². The Morgan fingerprint density at radius 1 is 1.13 bits per heavy atom. The summed E-state index contributed by atoms with van der Waals surface area (Å²) in [5.74, 6) is -0.724. The minimum absolute atomic E-state index is 0.424. The average molecular weight is 418 g/mol. The van der Waals surface area contributed by atoms with Gasteiger partial charge in [-0.1, -0.05) is 18.2 Å². The lowest BCUT2D eigenvalue weighted by molar-refractivity contribution is -0.153. The summed E-state index contributed by atoms with van der Waals surface area (Å²) in [5.41, 5.74) is 3.36. The van der Waals surface area contributed by atoms with Gasteiger partial charge >= 0.3 is 5.97 Å². The van der Waals surface area contributed by atoms with Gasteiger partial charge in [0.2, 0.25) is 0 Å². The first-order chi connectivity index (χ1) is 14.9. The monoisotopic (exact) mass is 418 g/mol. The van der Waals surface area contributed by atoms with Crippen LogP contribution >= 0.6 is 0 Å². The molecule has 0 saturated heterocycles. The predicted molar refractivity (Wildman–Crippen MR) is 114 cm³/mol. The van der Waals surface area contributed by atoms with Gasteiger partial charge in [0.15, 0.2) is 12.7 Å². The Morgan fingerprint density at radius 2 is 1.81 bits per heavy atom. The van der Waals surface area contributed by atoms with E-state index in [0.29, 0.717) is 22.7 Å². The fourth-order valence-electron chi connectivity index (χ4n) is 2.93. The molecule has 0 saturated carbocycles. The first-order valence-electron chi connectivity index (χ1n) is 9.64. The van der Waals surface area contributed by atoms with Gasteiger partial charge in [-0.05, 0) is 57.2 Å². The van der Waals surface area contributed by atoms with Crippen molar-refractivity contribution < 1.29 is 19.1 Å². The SMILES string of the molecule is Cc1nn(-c2ccccc2)c(C)c1NC(=O)COC(=O)[C@H](C)Oc1ccc(C#N)cc1. The molecule has 1 atom stereocenters. The van der Waals surface area contributed by atoms with Gasteiger partial charge in [0.25, 0.3) is 5.91 Å². The van der Waals surface area contributed by atoms with Gasteiger partial charge < -0.3 is 14.8 Å². The summed E-state index contributed by atoms with van der Waals surface area (Å²) in [4.78, 5) is 24.5. The van der Waals surface area contributed by atoms with E-state index < -0.39 is 24.6 Å². The molecule has 0 fully saturated rings. The molecule has 3 aromatic rings. The van der Waals surface area contributed by atoms with Crippen LogP contribution in [0.1, 0.15) is 23.9 Å². The standard InChI is InChI=1S/C23H22N4O4/c1-15-22(16(2)27(26-15)19-7-5-4-6-8-19)25-21(28)14-30-23(29)17(3)31-20-11-9-18(13-24)10-12-20/h4-12,17H,14H2,1-3H3,(H,25,28)/t17-/m0/s1. The van der Waals surface area contributed by atoms with E-state index in [-0.39, 0.29) is 0 Å². The lowest BCUT2D eigenvalue weighted by atomic mass is 10.2. The Morgan fingerprint density at radius 3 is 2.45 bits per heavy atom. The molecule has 8 heteroatoms. The van der Waals surface area contributed by atoms with Crippen LogP contribution in [0.15, 0.2) is 54.6 Å². The number of aryl methyl sites for hydroxylation is 1. The highest BCUT2D eigenvalue weighted by atomic mass is 16.6. The highest BCUT2D eigenvalue weighted by Gasteiger charge is 2.20.